The second-order valence-corrected chi connectivity index (χ2v) is 8.16. The number of hydrogen-bond acceptors (Lipinski definition) is 2. The van der Waals surface area contributed by atoms with Gasteiger partial charge < -0.3 is 10.2 Å². The van der Waals surface area contributed by atoms with Crippen molar-refractivity contribution in [2.75, 3.05) is 11.9 Å². The molecule has 0 saturated heterocycles. The Bertz CT molecular complexity index is 1070. The molecule has 4 nitrogen and oxygen atoms in total. The highest BCUT2D eigenvalue weighted by molar-refractivity contribution is 9.10. The molecule has 0 spiro atoms. The molecule has 3 aromatic rings. The molecule has 0 saturated carbocycles. The maximum Gasteiger partial charge on any atom is 0.244 e. The van der Waals surface area contributed by atoms with E-state index in [1.807, 2.05) is 48.5 Å². The summed E-state index contributed by atoms with van der Waals surface area (Å²) in [6, 6.07) is 20.9. The quantitative estimate of drug-likeness (QED) is 0.581. The zero-order valence-corrected chi connectivity index (χ0v) is 17.7. The SMILES string of the molecule is O=C1CN(C(=O)CCc2ccccc2)[C@H](c2ccc(F)cc2)c2cc(Br)ccc2N1. The summed E-state index contributed by atoms with van der Waals surface area (Å²) in [5.41, 5.74) is 3.25. The number of nitrogens with one attached hydrogen (secondary N) is 1. The largest absolute Gasteiger partial charge is 0.324 e. The van der Waals surface area contributed by atoms with Gasteiger partial charge in [-0.05, 0) is 47.9 Å². The highest BCUT2D eigenvalue weighted by atomic mass is 79.9. The number of amides is 2. The zero-order chi connectivity index (χ0) is 21.1. The van der Waals surface area contributed by atoms with Gasteiger partial charge in [0.05, 0.1) is 6.04 Å². The molecule has 1 aliphatic rings. The number of anilines is 1. The van der Waals surface area contributed by atoms with Crippen LogP contribution in [0, 0.1) is 5.82 Å². The molecule has 1 N–H and O–H groups in total. The molecule has 152 valence electrons. The van der Waals surface area contributed by atoms with Crippen LogP contribution in [0.15, 0.2) is 77.3 Å². The van der Waals surface area contributed by atoms with Crippen LogP contribution in [-0.2, 0) is 16.0 Å². The molecule has 0 unspecified atom stereocenters. The van der Waals surface area contributed by atoms with Crippen molar-refractivity contribution in [3.8, 4) is 0 Å². The van der Waals surface area contributed by atoms with Gasteiger partial charge in [-0.3, -0.25) is 9.59 Å². The van der Waals surface area contributed by atoms with Crippen molar-refractivity contribution in [2.24, 2.45) is 0 Å². The van der Waals surface area contributed by atoms with E-state index < -0.39 is 6.04 Å². The Morgan fingerprint density at radius 3 is 2.53 bits per heavy atom. The number of carbonyl (C=O) groups excluding carboxylic acids is 2. The first-order chi connectivity index (χ1) is 14.5. The molecule has 0 aliphatic carbocycles. The van der Waals surface area contributed by atoms with Gasteiger partial charge in [-0.2, -0.15) is 0 Å². The molecule has 4 rings (SSSR count). The van der Waals surface area contributed by atoms with Gasteiger partial charge in [-0.15, -0.1) is 0 Å². The van der Waals surface area contributed by atoms with E-state index in [-0.39, 0.29) is 30.6 Å². The number of rotatable bonds is 4. The van der Waals surface area contributed by atoms with Gasteiger partial charge in [0.15, 0.2) is 0 Å². The topological polar surface area (TPSA) is 49.4 Å². The first-order valence-corrected chi connectivity index (χ1v) is 10.5. The molecule has 30 heavy (non-hydrogen) atoms. The van der Waals surface area contributed by atoms with Gasteiger partial charge in [-0.25, -0.2) is 4.39 Å². The lowest BCUT2D eigenvalue weighted by Gasteiger charge is -2.31. The maximum atomic E-state index is 13.6. The number of nitrogens with zero attached hydrogens (tertiary/aromatic N) is 1. The number of halogens is 2. The zero-order valence-electron chi connectivity index (χ0n) is 16.1. The van der Waals surface area contributed by atoms with Gasteiger partial charge in [0, 0.05) is 22.1 Å². The van der Waals surface area contributed by atoms with Crippen LogP contribution in [0.4, 0.5) is 10.1 Å². The average Bonchev–Trinajstić information content (AvgIpc) is 2.89. The van der Waals surface area contributed by atoms with E-state index in [4.69, 9.17) is 0 Å². The van der Waals surface area contributed by atoms with E-state index in [0.717, 1.165) is 21.2 Å². The minimum absolute atomic E-state index is 0.0675. The van der Waals surface area contributed by atoms with Gasteiger partial charge in [0.25, 0.3) is 0 Å². The van der Waals surface area contributed by atoms with E-state index >= 15 is 0 Å². The van der Waals surface area contributed by atoms with Gasteiger partial charge >= 0.3 is 0 Å². The fourth-order valence-corrected chi connectivity index (χ4v) is 4.13. The van der Waals surface area contributed by atoms with Crippen LogP contribution in [-0.4, -0.2) is 23.3 Å². The Hall–Kier alpha value is -2.99. The molecular weight excluding hydrogens is 447 g/mol. The molecule has 1 heterocycles. The summed E-state index contributed by atoms with van der Waals surface area (Å²) in [7, 11) is 0. The highest BCUT2D eigenvalue weighted by Crippen LogP contribution is 2.37. The van der Waals surface area contributed by atoms with Crippen LogP contribution in [0.3, 0.4) is 0 Å². The molecule has 1 atom stereocenters. The number of aryl methyl sites for hydroxylation is 1. The highest BCUT2D eigenvalue weighted by Gasteiger charge is 2.33. The Morgan fingerprint density at radius 1 is 1.07 bits per heavy atom. The predicted molar refractivity (Wildman–Crippen MR) is 117 cm³/mol. The van der Waals surface area contributed by atoms with E-state index in [1.165, 1.54) is 12.1 Å². The normalized spacial score (nSPS) is 15.9. The summed E-state index contributed by atoms with van der Waals surface area (Å²) in [5, 5.41) is 2.89. The predicted octanol–water partition coefficient (Wildman–Crippen LogP) is 5.09. The van der Waals surface area contributed by atoms with Crippen LogP contribution in [0.1, 0.15) is 29.2 Å². The summed E-state index contributed by atoms with van der Waals surface area (Å²) in [6.07, 6.45) is 0.859. The van der Waals surface area contributed by atoms with Crippen molar-refractivity contribution >= 4 is 33.4 Å². The Labute approximate surface area is 182 Å². The van der Waals surface area contributed by atoms with Crippen molar-refractivity contribution in [3.63, 3.8) is 0 Å². The second kappa shape index (κ2) is 8.79. The van der Waals surface area contributed by atoms with Crippen LogP contribution in [0.5, 0.6) is 0 Å². The average molecular weight is 467 g/mol. The first-order valence-electron chi connectivity index (χ1n) is 9.69. The fraction of sp³-hybridized carbons (Fsp3) is 0.167. The third-order valence-electron chi connectivity index (χ3n) is 5.18. The molecular formula is C24H20BrFN2O2. The lowest BCUT2D eigenvalue weighted by molar-refractivity contribution is -0.136. The van der Waals surface area contributed by atoms with E-state index in [0.29, 0.717) is 12.1 Å². The Balaban J connectivity index is 1.72. The Kier molecular flexibility index (Phi) is 5.95. The lowest BCUT2D eigenvalue weighted by atomic mass is 9.95. The molecule has 3 aromatic carbocycles. The summed E-state index contributed by atoms with van der Waals surface area (Å²) in [4.78, 5) is 27.4. The van der Waals surface area contributed by atoms with Crippen molar-refractivity contribution in [1.29, 1.82) is 0 Å². The van der Waals surface area contributed by atoms with E-state index in [1.54, 1.807) is 17.0 Å². The summed E-state index contributed by atoms with van der Waals surface area (Å²) < 4.78 is 14.4. The van der Waals surface area contributed by atoms with E-state index in [9.17, 15) is 14.0 Å². The molecule has 0 bridgehead atoms. The monoisotopic (exact) mass is 466 g/mol. The van der Waals surface area contributed by atoms with Crippen molar-refractivity contribution in [1.82, 2.24) is 4.90 Å². The first kappa shape index (κ1) is 20.3. The van der Waals surface area contributed by atoms with E-state index in [2.05, 4.69) is 21.2 Å². The maximum absolute atomic E-state index is 13.6. The van der Waals surface area contributed by atoms with Crippen LogP contribution >= 0.6 is 15.9 Å². The van der Waals surface area contributed by atoms with Crippen molar-refractivity contribution in [2.45, 2.75) is 18.9 Å². The lowest BCUT2D eigenvalue weighted by Crippen LogP contribution is -2.39. The number of fused-ring (bicyclic) bond motifs is 1. The number of benzene rings is 3. The standard InChI is InChI=1S/C24H20BrFN2O2/c25-18-9-12-21-20(14-18)24(17-7-10-19(26)11-8-17)28(15-22(29)27-21)23(30)13-6-16-4-2-1-3-5-16/h1-5,7-12,14,24H,6,13,15H2,(H,27,29)/t24-/m1/s1. The summed E-state index contributed by atoms with van der Waals surface area (Å²) in [6.45, 7) is -0.0675. The smallest absolute Gasteiger partial charge is 0.244 e. The van der Waals surface area contributed by atoms with Crippen LogP contribution < -0.4 is 5.32 Å². The minimum Gasteiger partial charge on any atom is -0.324 e. The van der Waals surface area contributed by atoms with Crippen molar-refractivity contribution < 1.29 is 14.0 Å². The number of hydrogen-bond donors (Lipinski definition) is 1. The molecule has 0 radical (unpaired) electrons. The number of carbonyl (C=O) groups is 2. The van der Waals surface area contributed by atoms with Crippen molar-refractivity contribution in [3.05, 3.63) is 99.8 Å². The van der Waals surface area contributed by atoms with Crippen LogP contribution in [0.25, 0.3) is 0 Å². The summed E-state index contributed by atoms with van der Waals surface area (Å²) >= 11 is 3.48. The van der Waals surface area contributed by atoms with Gasteiger partial charge in [0.2, 0.25) is 11.8 Å². The third-order valence-corrected chi connectivity index (χ3v) is 5.68. The molecule has 1 aliphatic heterocycles. The third kappa shape index (κ3) is 4.44. The molecule has 0 aromatic heterocycles. The molecule has 2 amide bonds. The fourth-order valence-electron chi connectivity index (χ4n) is 3.75. The van der Waals surface area contributed by atoms with Crippen LogP contribution in [0.2, 0.25) is 0 Å². The molecule has 0 fully saturated rings. The second-order valence-electron chi connectivity index (χ2n) is 7.24. The minimum atomic E-state index is -0.500. The summed E-state index contributed by atoms with van der Waals surface area (Å²) in [5.74, 6) is -0.731. The van der Waals surface area contributed by atoms with Gasteiger partial charge in [-0.1, -0.05) is 58.4 Å². The molecule has 6 heteroatoms. The van der Waals surface area contributed by atoms with Gasteiger partial charge in [0.1, 0.15) is 12.4 Å². The Morgan fingerprint density at radius 2 is 1.80 bits per heavy atom.